The molecule has 2 nitrogen and oxygen atoms in total. The first-order valence-corrected chi connectivity index (χ1v) is 17.1. The third-order valence-electron chi connectivity index (χ3n) is 9.46. The molecule has 0 saturated carbocycles. The number of benzene rings is 5. The SMILES string of the molecule is [2H]C([2H])(c1c[c-]c(-c2ccccn2)cc1)C([2H])([2H])c1cc(C)cc(-c2ccccc2-c2c[c-]c(-c3cc(-c4ccc5c(c4)CC(C)(C)C5)ccn3)cc2)c1.[Ir]. The van der Waals surface area contributed by atoms with Crippen LogP contribution in [0.15, 0.2) is 140 Å². The zero-order valence-corrected chi connectivity index (χ0v) is 31.3. The van der Waals surface area contributed by atoms with Gasteiger partial charge in [-0.25, -0.2) is 0 Å². The summed E-state index contributed by atoms with van der Waals surface area (Å²) >= 11 is 0. The fourth-order valence-corrected chi connectivity index (χ4v) is 7.07. The molecule has 7 aromatic rings. The molecular formula is C48H40IrN2-2. The maximum absolute atomic E-state index is 9.18. The summed E-state index contributed by atoms with van der Waals surface area (Å²) < 4.78 is 36.4. The van der Waals surface area contributed by atoms with Gasteiger partial charge in [-0.05, 0) is 94.0 Å². The third kappa shape index (κ3) is 7.71. The fraction of sp³-hybridized carbons (Fsp3) is 0.167. The number of aromatic nitrogens is 2. The first kappa shape index (κ1) is 29.7. The average Bonchev–Trinajstić information content (AvgIpc) is 3.51. The van der Waals surface area contributed by atoms with Gasteiger partial charge in [-0.1, -0.05) is 116 Å². The number of nitrogens with zero attached hydrogens (tertiary/aromatic N) is 2. The van der Waals surface area contributed by atoms with Gasteiger partial charge in [0.25, 0.3) is 0 Å². The predicted molar refractivity (Wildman–Crippen MR) is 207 cm³/mol. The van der Waals surface area contributed by atoms with Crippen LogP contribution in [0.25, 0.3) is 55.9 Å². The van der Waals surface area contributed by atoms with Gasteiger partial charge in [0.1, 0.15) is 0 Å². The molecule has 0 saturated heterocycles. The molecule has 0 amide bonds. The Kier molecular flexibility index (Phi) is 8.59. The van der Waals surface area contributed by atoms with Crippen LogP contribution < -0.4 is 0 Å². The summed E-state index contributed by atoms with van der Waals surface area (Å²) in [6.45, 7) is 6.59. The van der Waals surface area contributed by atoms with Crippen molar-refractivity contribution in [2.45, 2.75) is 46.4 Å². The van der Waals surface area contributed by atoms with Crippen molar-refractivity contribution < 1.29 is 25.6 Å². The van der Waals surface area contributed by atoms with Crippen LogP contribution in [0.5, 0.6) is 0 Å². The molecule has 3 heteroatoms. The van der Waals surface area contributed by atoms with Gasteiger partial charge in [-0.2, -0.15) is 0 Å². The van der Waals surface area contributed by atoms with Gasteiger partial charge < -0.3 is 9.97 Å². The number of hydrogen-bond donors (Lipinski definition) is 0. The van der Waals surface area contributed by atoms with Crippen LogP contribution in [0.2, 0.25) is 0 Å². The monoisotopic (exact) mass is 841 g/mol. The van der Waals surface area contributed by atoms with E-state index in [1.807, 2.05) is 61.7 Å². The summed E-state index contributed by atoms with van der Waals surface area (Å²) in [4.78, 5) is 9.05. The van der Waals surface area contributed by atoms with E-state index in [1.54, 1.807) is 30.5 Å². The van der Waals surface area contributed by atoms with E-state index in [0.717, 1.165) is 68.7 Å². The molecule has 2 heterocycles. The summed E-state index contributed by atoms with van der Waals surface area (Å²) in [7, 11) is 0. The molecule has 0 unspecified atom stereocenters. The minimum Gasteiger partial charge on any atom is -0.305 e. The second-order valence-corrected chi connectivity index (χ2v) is 14.0. The van der Waals surface area contributed by atoms with Crippen molar-refractivity contribution in [3.8, 4) is 55.9 Å². The smallest absolute Gasteiger partial charge is 0.0311 e. The van der Waals surface area contributed by atoms with Gasteiger partial charge in [0.15, 0.2) is 0 Å². The van der Waals surface area contributed by atoms with E-state index in [9.17, 15) is 2.74 Å². The quantitative estimate of drug-likeness (QED) is 0.143. The summed E-state index contributed by atoms with van der Waals surface area (Å²) in [6, 6.07) is 47.8. The molecule has 51 heavy (non-hydrogen) atoms. The van der Waals surface area contributed by atoms with Gasteiger partial charge >= 0.3 is 0 Å². The molecule has 0 spiro atoms. The number of rotatable bonds is 8. The molecule has 8 rings (SSSR count). The van der Waals surface area contributed by atoms with Crippen LogP contribution >= 0.6 is 0 Å². The number of hydrogen-bond acceptors (Lipinski definition) is 2. The molecule has 1 radical (unpaired) electrons. The molecular weight excluding hydrogens is 797 g/mol. The topological polar surface area (TPSA) is 25.8 Å². The van der Waals surface area contributed by atoms with E-state index in [-0.39, 0.29) is 31.2 Å². The van der Waals surface area contributed by atoms with Crippen molar-refractivity contribution in [2.24, 2.45) is 5.41 Å². The van der Waals surface area contributed by atoms with E-state index in [4.69, 9.17) is 7.73 Å². The molecule has 0 bridgehead atoms. The van der Waals surface area contributed by atoms with Gasteiger partial charge in [0.2, 0.25) is 0 Å². The van der Waals surface area contributed by atoms with Crippen LogP contribution in [0.1, 0.15) is 47.1 Å². The minimum atomic E-state index is -2.35. The second kappa shape index (κ2) is 14.7. The predicted octanol–water partition coefficient (Wildman–Crippen LogP) is 11.6. The second-order valence-electron chi connectivity index (χ2n) is 14.0. The number of pyridine rings is 2. The van der Waals surface area contributed by atoms with Crippen LogP contribution in [0, 0.1) is 24.5 Å². The Bertz CT molecular complexity index is 2480. The van der Waals surface area contributed by atoms with E-state index < -0.39 is 12.7 Å². The first-order chi connectivity index (χ1) is 25.9. The summed E-state index contributed by atoms with van der Waals surface area (Å²) in [6.07, 6.45) is 1.08. The van der Waals surface area contributed by atoms with Crippen molar-refractivity contribution in [3.63, 3.8) is 0 Å². The third-order valence-corrected chi connectivity index (χ3v) is 9.46. The molecule has 2 aromatic heterocycles. The summed E-state index contributed by atoms with van der Waals surface area (Å²) in [5.41, 5.74) is 13.7. The Hall–Kier alpha value is -4.95. The van der Waals surface area contributed by atoms with Crippen LogP contribution in [0.3, 0.4) is 0 Å². The zero-order chi connectivity index (χ0) is 37.7. The molecule has 0 aliphatic heterocycles. The maximum Gasteiger partial charge on any atom is 0.0311 e. The van der Waals surface area contributed by atoms with Crippen molar-refractivity contribution in [2.75, 3.05) is 0 Å². The largest absolute Gasteiger partial charge is 0.305 e. The van der Waals surface area contributed by atoms with Crippen LogP contribution in [-0.2, 0) is 45.7 Å². The van der Waals surface area contributed by atoms with E-state index in [2.05, 4.69) is 79.5 Å². The van der Waals surface area contributed by atoms with Gasteiger partial charge in [-0.3, -0.25) is 0 Å². The Morgan fingerprint density at radius 2 is 1.27 bits per heavy atom. The van der Waals surface area contributed by atoms with E-state index in [1.165, 1.54) is 22.8 Å². The van der Waals surface area contributed by atoms with Crippen LogP contribution in [-0.4, -0.2) is 9.97 Å². The average molecular weight is 841 g/mol. The first-order valence-electron chi connectivity index (χ1n) is 19.1. The van der Waals surface area contributed by atoms with Gasteiger partial charge in [-0.15, -0.1) is 65.2 Å². The Morgan fingerprint density at radius 3 is 2.04 bits per heavy atom. The van der Waals surface area contributed by atoms with Crippen molar-refractivity contribution >= 4 is 0 Å². The van der Waals surface area contributed by atoms with Crippen molar-refractivity contribution in [1.29, 1.82) is 0 Å². The van der Waals surface area contributed by atoms with Crippen LogP contribution in [0.4, 0.5) is 0 Å². The fourth-order valence-electron chi connectivity index (χ4n) is 7.07. The summed E-state index contributed by atoms with van der Waals surface area (Å²) in [5, 5.41) is 0. The number of fused-ring (bicyclic) bond motifs is 1. The van der Waals surface area contributed by atoms with Gasteiger partial charge in [0.05, 0.1) is 0 Å². The molecule has 253 valence electrons. The molecule has 0 atom stereocenters. The van der Waals surface area contributed by atoms with Crippen molar-refractivity contribution in [1.82, 2.24) is 9.97 Å². The van der Waals surface area contributed by atoms with Gasteiger partial charge in [0, 0.05) is 38.0 Å². The molecule has 5 aromatic carbocycles. The maximum atomic E-state index is 9.18. The number of aryl methyl sites for hydroxylation is 3. The zero-order valence-electron chi connectivity index (χ0n) is 32.9. The molecule has 1 aliphatic rings. The molecule has 0 N–H and O–H groups in total. The molecule has 1 aliphatic carbocycles. The normalized spacial score (nSPS) is 14.7. The Labute approximate surface area is 321 Å². The molecule has 0 fully saturated rings. The Balaban J connectivity index is 0.00000465. The van der Waals surface area contributed by atoms with E-state index in [0.29, 0.717) is 5.41 Å². The summed E-state index contributed by atoms with van der Waals surface area (Å²) in [5.74, 6) is 0. The minimum absolute atomic E-state index is 0. The standard InChI is InChI=1S/C48H40N2.Ir/c1-33-26-35(12-11-34-13-15-37(16-14-34)46-10-6-7-24-49-46)28-42(27-33)45-9-5-4-8-44(45)36-17-19-38(20-18-36)47-30-40(23-25-50-47)39-21-22-41-31-48(2,3)32-43(41)29-39;/h4-10,13-15,17-19,21-30H,11-12,31-32H2,1-3H3;/q-2;/i11D2,12D2;. The van der Waals surface area contributed by atoms with Crippen molar-refractivity contribution in [3.05, 3.63) is 180 Å². The Morgan fingerprint density at radius 1 is 0.588 bits per heavy atom. The van der Waals surface area contributed by atoms with E-state index >= 15 is 0 Å².